The number of nitrogens with zero attached hydrogens (tertiary/aromatic N) is 2. The van der Waals surface area contributed by atoms with Crippen molar-refractivity contribution in [2.45, 2.75) is 62.1 Å². The second-order valence-electron chi connectivity index (χ2n) is 7.34. The van der Waals surface area contributed by atoms with Crippen molar-refractivity contribution >= 4 is 27.3 Å². The standard InChI is InChI=1S/C18H28N2O3S2/c1-14-7-3-4-8-16(14)19(2)17(21)13-15-9-10-18(24-15)25(22,23)20-11-5-6-12-20/h9-10,14,16H,3-8,11-13H2,1-2H3. The summed E-state index contributed by atoms with van der Waals surface area (Å²) in [6, 6.07) is 3.77. The molecule has 1 aliphatic carbocycles. The molecule has 0 radical (unpaired) electrons. The van der Waals surface area contributed by atoms with Crippen molar-refractivity contribution in [3.05, 3.63) is 17.0 Å². The summed E-state index contributed by atoms with van der Waals surface area (Å²) < 4.78 is 27.1. The van der Waals surface area contributed by atoms with Gasteiger partial charge in [0.05, 0.1) is 6.42 Å². The first-order valence-electron chi connectivity index (χ1n) is 9.24. The van der Waals surface area contributed by atoms with Crippen LogP contribution in [0.2, 0.25) is 0 Å². The maximum absolute atomic E-state index is 12.6. The van der Waals surface area contributed by atoms with Crippen molar-refractivity contribution in [1.29, 1.82) is 0 Å². The Hall–Kier alpha value is -0.920. The Labute approximate surface area is 155 Å². The molecule has 25 heavy (non-hydrogen) atoms. The number of likely N-dealkylation sites (N-methyl/N-ethyl adjacent to an activating group) is 1. The van der Waals surface area contributed by atoms with E-state index in [1.807, 2.05) is 11.9 Å². The molecule has 1 aromatic heterocycles. The molecule has 2 unspecified atom stereocenters. The number of thiophene rings is 1. The van der Waals surface area contributed by atoms with Crippen LogP contribution in [0.5, 0.6) is 0 Å². The van der Waals surface area contributed by atoms with Crippen LogP contribution >= 0.6 is 11.3 Å². The van der Waals surface area contributed by atoms with Gasteiger partial charge in [-0.05, 0) is 43.7 Å². The summed E-state index contributed by atoms with van der Waals surface area (Å²) in [5.41, 5.74) is 0. The van der Waals surface area contributed by atoms with E-state index in [1.165, 1.54) is 30.6 Å². The average Bonchev–Trinajstić information content (AvgIpc) is 3.27. The van der Waals surface area contributed by atoms with Crippen LogP contribution in [-0.2, 0) is 21.2 Å². The molecule has 2 aliphatic rings. The highest BCUT2D eigenvalue weighted by molar-refractivity contribution is 7.91. The minimum absolute atomic E-state index is 0.0886. The Kier molecular flexibility index (Phi) is 5.85. The van der Waals surface area contributed by atoms with Crippen LogP contribution in [-0.4, -0.2) is 49.7 Å². The minimum Gasteiger partial charge on any atom is -0.342 e. The van der Waals surface area contributed by atoms with E-state index in [4.69, 9.17) is 0 Å². The van der Waals surface area contributed by atoms with Gasteiger partial charge in [-0.2, -0.15) is 4.31 Å². The topological polar surface area (TPSA) is 57.7 Å². The van der Waals surface area contributed by atoms with E-state index in [-0.39, 0.29) is 5.91 Å². The fraction of sp³-hybridized carbons (Fsp3) is 0.722. The molecule has 0 N–H and O–H groups in total. The van der Waals surface area contributed by atoms with Crippen molar-refractivity contribution in [3.8, 4) is 0 Å². The zero-order valence-electron chi connectivity index (χ0n) is 15.1. The maximum Gasteiger partial charge on any atom is 0.252 e. The largest absolute Gasteiger partial charge is 0.342 e. The van der Waals surface area contributed by atoms with Crippen molar-refractivity contribution in [1.82, 2.24) is 9.21 Å². The Morgan fingerprint density at radius 2 is 1.88 bits per heavy atom. The van der Waals surface area contributed by atoms with Crippen molar-refractivity contribution in [3.63, 3.8) is 0 Å². The normalized spacial score (nSPS) is 25.2. The Morgan fingerprint density at radius 1 is 1.20 bits per heavy atom. The SMILES string of the molecule is CC1CCCCC1N(C)C(=O)Cc1ccc(S(=O)(=O)N2CCCC2)s1. The molecular weight excluding hydrogens is 356 g/mol. The first-order valence-corrected chi connectivity index (χ1v) is 11.5. The van der Waals surface area contributed by atoms with Gasteiger partial charge in [-0.1, -0.05) is 19.8 Å². The zero-order chi connectivity index (χ0) is 18.0. The molecule has 1 amide bonds. The highest BCUT2D eigenvalue weighted by Crippen LogP contribution is 2.30. The molecule has 7 heteroatoms. The lowest BCUT2D eigenvalue weighted by Crippen LogP contribution is -2.43. The molecule has 1 saturated carbocycles. The number of hydrogen-bond acceptors (Lipinski definition) is 4. The fourth-order valence-electron chi connectivity index (χ4n) is 3.98. The quantitative estimate of drug-likeness (QED) is 0.784. The molecule has 2 atom stereocenters. The number of hydrogen-bond donors (Lipinski definition) is 0. The highest BCUT2D eigenvalue weighted by Gasteiger charge is 2.30. The minimum atomic E-state index is -3.38. The number of carbonyl (C=O) groups excluding carboxylic acids is 1. The van der Waals surface area contributed by atoms with Crippen LogP contribution in [0.15, 0.2) is 16.3 Å². The Bertz CT molecular complexity index is 708. The summed E-state index contributed by atoms with van der Waals surface area (Å²) in [5.74, 6) is 0.628. The fourth-order valence-corrected chi connectivity index (χ4v) is 7.00. The van der Waals surface area contributed by atoms with Gasteiger partial charge in [0.15, 0.2) is 0 Å². The Balaban J connectivity index is 1.65. The predicted molar refractivity (Wildman–Crippen MR) is 100 cm³/mol. The van der Waals surface area contributed by atoms with Crippen molar-refractivity contribution in [2.24, 2.45) is 5.92 Å². The van der Waals surface area contributed by atoms with Gasteiger partial charge in [-0.25, -0.2) is 8.42 Å². The van der Waals surface area contributed by atoms with Crippen LogP contribution in [0.25, 0.3) is 0 Å². The monoisotopic (exact) mass is 384 g/mol. The lowest BCUT2D eigenvalue weighted by Gasteiger charge is -2.36. The number of rotatable bonds is 5. The van der Waals surface area contributed by atoms with Gasteiger partial charge in [0.2, 0.25) is 5.91 Å². The summed E-state index contributed by atoms with van der Waals surface area (Å²) in [6.45, 7) is 3.44. The smallest absolute Gasteiger partial charge is 0.252 e. The second kappa shape index (κ2) is 7.76. The van der Waals surface area contributed by atoms with Crippen LogP contribution < -0.4 is 0 Å². The van der Waals surface area contributed by atoms with Gasteiger partial charge in [0.1, 0.15) is 4.21 Å². The van der Waals surface area contributed by atoms with Gasteiger partial charge in [-0.15, -0.1) is 11.3 Å². The molecule has 5 nitrogen and oxygen atoms in total. The summed E-state index contributed by atoms with van der Waals surface area (Å²) in [5, 5.41) is 0. The van der Waals surface area contributed by atoms with E-state index in [0.717, 1.165) is 24.1 Å². The first kappa shape index (κ1) is 18.9. The summed E-state index contributed by atoms with van der Waals surface area (Å²) >= 11 is 1.24. The van der Waals surface area contributed by atoms with Gasteiger partial charge in [-0.3, -0.25) is 4.79 Å². The highest BCUT2D eigenvalue weighted by atomic mass is 32.2. The maximum atomic E-state index is 12.6. The van der Waals surface area contributed by atoms with E-state index < -0.39 is 10.0 Å². The summed E-state index contributed by atoms with van der Waals surface area (Å²) in [4.78, 5) is 15.4. The van der Waals surface area contributed by atoms with Crippen LogP contribution in [0.3, 0.4) is 0 Å². The van der Waals surface area contributed by atoms with Crippen LogP contribution in [0, 0.1) is 5.92 Å². The van der Waals surface area contributed by atoms with E-state index in [9.17, 15) is 13.2 Å². The van der Waals surface area contributed by atoms with Gasteiger partial charge < -0.3 is 4.90 Å². The van der Waals surface area contributed by atoms with Gasteiger partial charge in [0.25, 0.3) is 10.0 Å². The summed E-state index contributed by atoms with van der Waals surface area (Å²) in [7, 11) is -1.48. The third-order valence-corrected chi connectivity index (χ3v) is 9.03. The van der Waals surface area contributed by atoms with Crippen molar-refractivity contribution < 1.29 is 13.2 Å². The summed E-state index contributed by atoms with van der Waals surface area (Å²) in [6.07, 6.45) is 6.84. The predicted octanol–water partition coefficient (Wildman–Crippen LogP) is 3.11. The van der Waals surface area contributed by atoms with Crippen molar-refractivity contribution in [2.75, 3.05) is 20.1 Å². The lowest BCUT2D eigenvalue weighted by molar-refractivity contribution is -0.132. The van der Waals surface area contributed by atoms with Gasteiger partial charge >= 0.3 is 0 Å². The third kappa shape index (κ3) is 4.09. The molecule has 1 saturated heterocycles. The van der Waals surface area contributed by atoms with E-state index in [0.29, 0.717) is 35.7 Å². The van der Waals surface area contributed by atoms with E-state index in [2.05, 4.69) is 6.92 Å². The lowest BCUT2D eigenvalue weighted by atomic mass is 9.85. The van der Waals surface area contributed by atoms with Gasteiger partial charge in [0, 0.05) is 31.1 Å². The molecular formula is C18H28N2O3S2. The number of amides is 1. The number of carbonyl (C=O) groups is 1. The van der Waals surface area contributed by atoms with Crippen LogP contribution in [0.1, 0.15) is 50.3 Å². The molecule has 1 aromatic rings. The molecule has 0 bridgehead atoms. The molecule has 3 rings (SSSR count). The number of sulfonamides is 1. The second-order valence-corrected chi connectivity index (χ2v) is 10.7. The first-order chi connectivity index (χ1) is 11.9. The molecule has 2 heterocycles. The van der Waals surface area contributed by atoms with E-state index in [1.54, 1.807) is 16.4 Å². The Morgan fingerprint density at radius 3 is 2.56 bits per heavy atom. The molecule has 1 aliphatic heterocycles. The molecule has 0 aromatic carbocycles. The van der Waals surface area contributed by atoms with Crippen LogP contribution in [0.4, 0.5) is 0 Å². The van der Waals surface area contributed by atoms with E-state index >= 15 is 0 Å². The molecule has 2 fully saturated rings. The zero-order valence-corrected chi connectivity index (χ0v) is 16.7. The molecule has 0 spiro atoms. The molecule has 140 valence electrons. The average molecular weight is 385 g/mol. The third-order valence-electron chi connectivity index (χ3n) is 5.58.